The van der Waals surface area contributed by atoms with Gasteiger partial charge in [0, 0.05) is 38.0 Å². The molecule has 1 aromatic carbocycles. The molecule has 27 heavy (non-hydrogen) atoms. The van der Waals surface area contributed by atoms with Crippen molar-refractivity contribution in [1.82, 2.24) is 9.80 Å². The maximum absolute atomic E-state index is 13.0. The van der Waals surface area contributed by atoms with Crippen molar-refractivity contribution in [3.8, 4) is 0 Å². The molecule has 0 radical (unpaired) electrons. The molecule has 1 unspecified atom stereocenters. The highest BCUT2D eigenvalue weighted by Gasteiger charge is 2.35. The smallest absolute Gasteiger partial charge is 0.225 e. The van der Waals surface area contributed by atoms with Crippen LogP contribution < -0.4 is 0 Å². The molecule has 2 fully saturated rings. The molecule has 0 aromatic heterocycles. The second-order valence-electron chi connectivity index (χ2n) is 8.32. The van der Waals surface area contributed by atoms with E-state index in [0.717, 1.165) is 57.1 Å². The number of rotatable bonds is 5. The van der Waals surface area contributed by atoms with E-state index in [1.54, 1.807) is 0 Å². The van der Waals surface area contributed by atoms with Crippen LogP contribution in [0.4, 0.5) is 0 Å². The fourth-order valence-corrected chi connectivity index (χ4v) is 4.78. The molecule has 1 heterocycles. The largest absolute Gasteiger partial charge is 0.341 e. The van der Waals surface area contributed by atoms with Gasteiger partial charge in [-0.05, 0) is 56.9 Å². The summed E-state index contributed by atoms with van der Waals surface area (Å²) < 4.78 is 0. The van der Waals surface area contributed by atoms with E-state index >= 15 is 0 Å². The Balaban J connectivity index is 1.50. The summed E-state index contributed by atoms with van der Waals surface area (Å²) >= 11 is 0. The van der Waals surface area contributed by atoms with Crippen LogP contribution in [0.1, 0.15) is 63.9 Å². The number of piperidine rings is 1. The number of benzene rings is 1. The summed E-state index contributed by atoms with van der Waals surface area (Å²) in [6, 6.07) is 10.6. The van der Waals surface area contributed by atoms with Crippen molar-refractivity contribution in [2.45, 2.75) is 70.9 Å². The van der Waals surface area contributed by atoms with Gasteiger partial charge in [0.25, 0.3) is 0 Å². The van der Waals surface area contributed by atoms with Crippen molar-refractivity contribution in [2.75, 3.05) is 13.6 Å². The van der Waals surface area contributed by atoms with E-state index in [4.69, 9.17) is 0 Å². The van der Waals surface area contributed by atoms with Gasteiger partial charge in [-0.2, -0.15) is 0 Å². The first-order chi connectivity index (χ1) is 13.1. The number of amides is 2. The summed E-state index contributed by atoms with van der Waals surface area (Å²) in [7, 11) is 1.89. The third kappa shape index (κ3) is 4.91. The van der Waals surface area contributed by atoms with Crippen molar-refractivity contribution < 1.29 is 9.59 Å². The van der Waals surface area contributed by atoms with Crippen LogP contribution in [-0.4, -0.2) is 41.2 Å². The van der Waals surface area contributed by atoms with Crippen molar-refractivity contribution in [3.05, 3.63) is 35.9 Å². The van der Waals surface area contributed by atoms with E-state index in [1.165, 1.54) is 6.42 Å². The summed E-state index contributed by atoms with van der Waals surface area (Å²) in [4.78, 5) is 29.8. The molecule has 3 rings (SSSR count). The zero-order valence-electron chi connectivity index (χ0n) is 16.9. The van der Waals surface area contributed by atoms with Crippen LogP contribution in [0, 0.1) is 11.8 Å². The molecule has 4 nitrogen and oxygen atoms in total. The van der Waals surface area contributed by atoms with Crippen LogP contribution in [-0.2, 0) is 16.1 Å². The lowest BCUT2D eigenvalue weighted by atomic mass is 9.80. The zero-order chi connectivity index (χ0) is 19.2. The molecule has 148 valence electrons. The average Bonchev–Trinajstić information content (AvgIpc) is 2.73. The molecular weight excluding hydrogens is 336 g/mol. The number of carbonyl (C=O) groups is 2. The molecule has 4 heteroatoms. The lowest BCUT2D eigenvalue weighted by Crippen LogP contribution is -2.47. The molecule has 0 N–H and O–H groups in total. The van der Waals surface area contributed by atoms with Gasteiger partial charge in [0.05, 0.1) is 0 Å². The second kappa shape index (κ2) is 9.38. The predicted octanol–water partition coefficient (Wildman–Crippen LogP) is 4.24. The van der Waals surface area contributed by atoms with Crippen molar-refractivity contribution in [3.63, 3.8) is 0 Å². The molecule has 0 spiro atoms. The Kier molecular flexibility index (Phi) is 6.92. The van der Waals surface area contributed by atoms with E-state index in [-0.39, 0.29) is 17.7 Å². The summed E-state index contributed by atoms with van der Waals surface area (Å²) in [5, 5.41) is 0. The highest BCUT2D eigenvalue weighted by atomic mass is 16.2. The van der Waals surface area contributed by atoms with Gasteiger partial charge in [-0.15, -0.1) is 0 Å². The topological polar surface area (TPSA) is 40.6 Å². The van der Waals surface area contributed by atoms with E-state index in [9.17, 15) is 9.59 Å². The molecule has 2 amide bonds. The molecule has 1 aromatic rings. The van der Waals surface area contributed by atoms with Gasteiger partial charge in [0.2, 0.25) is 11.8 Å². The Bertz CT molecular complexity index is 623. The van der Waals surface area contributed by atoms with E-state index in [2.05, 4.69) is 24.0 Å². The molecule has 1 aliphatic heterocycles. The van der Waals surface area contributed by atoms with Gasteiger partial charge in [0.15, 0.2) is 0 Å². The average molecular weight is 371 g/mol. The maximum atomic E-state index is 13.0. The predicted molar refractivity (Wildman–Crippen MR) is 108 cm³/mol. The van der Waals surface area contributed by atoms with Gasteiger partial charge in [0.1, 0.15) is 0 Å². The molecular formula is C23H34N2O2. The Morgan fingerprint density at radius 1 is 1.00 bits per heavy atom. The standard InChI is InChI=1S/C23H34N2O2/c1-3-21-11-7-8-16-25(21)23(27)20-14-12-19(13-15-20)22(26)24(2)17-18-9-5-4-6-10-18/h4-6,9-10,19-21H,3,7-8,11-17H2,1-2H3. The molecule has 0 bridgehead atoms. The first kappa shape index (κ1) is 19.9. The molecule has 1 aliphatic carbocycles. The second-order valence-corrected chi connectivity index (χ2v) is 8.32. The summed E-state index contributed by atoms with van der Waals surface area (Å²) in [6.45, 7) is 3.77. The highest BCUT2D eigenvalue weighted by Crippen LogP contribution is 2.33. The number of nitrogens with zero attached hydrogens (tertiary/aromatic N) is 2. The monoisotopic (exact) mass is 370 g/mol. The Morgan fingerprint density at radius 3 is 2.33 bits per heavy atom. The summed E-state index contributed by atoms with van der Waals surface area (Å²) in [6.07, 6.45) is 8.02. The van der Waals surface area contributed by atoms with Crippen LogP contribution in [0.3, 0.4) is 0 Å². The Hall–Kier alpha value is -1.84. The summed E-state index contributed by atoms with van der Waals surface area (Å²) in [5.74, 6) is 0.783. The number of hydrogen-bond donors (Lipinski definition) is 0. The maximum Gasteiger partial charge on any atom is 0.225 e. The van der Waals surface area contributed by atoms with Crippen LogP contribution in [0.15, 0.2) is 30.3 Å². The van der Waals surface area contributed by atoms with E-state index in [1.807, 2.05) is 30.1 Å². The fourth-order valence-electron chi connectivity index (χ4n) is 4.78. The number of likely N-dealkylation sites (tertiary alicyclic amines) is 1. The van der Waals surface area contributed by atoms with E-state index in [0.29, 0.717) is 18.5 Å². The summed E-state index contributed by atoms with van der Waals surface area (Å²) in [5.41, 5.74) is 1.16. The Labute approximate surface area is 163 Å². The molecule has 1 atom stereocenters. The third-order valence-electron chi connectivity index (χ3n) is 6.45. The zero-order valence-corrected chi connectivity index (χ0v) is 16.9. The molecule has 1 saturated carbocycles. The van der Waals surface area contributed by atoms with Crippen LogP contribution in [0.25, 0.3) is 0 Å². The van der Waals surface area contributed by atoms with Crippen LogP contribution in [0.2, 0.25) is 0 Å². The van der Waals surface area contributed by atoms with Gasteiger partial charge < -0.3 is 9.80 Å². The first-order valence-electron chi connectivity index (χ1n) is 10.7. The quantitative estimate of drug-likeness (QED) is 0.778. The van der Waals surface area contributed by atoms with Gasteiger partial charge in [-0.3, -0.25) is 9.59 Å². The number of hydrogen-bond acceptors (Lipinski definition) is 2. The van der Waals surface area contributed by atoms with Crippen LogP contribution >= 0.6 is 0 Å². The molecule has 1 saturated heterocycles. The lowest BCUT2D eigenvalue weighted by Gasteiger charge is -2.39. The van der Waals surface area contributed by atoms with Crippen LogP contribution in [0.5, 0.6) is 0 Å². The molecule has 2 aliphatic rings. The van der Waals surface area contributed by atoms with Crippen molar-refractivity contribution in [1.29, 1.82) is 0 Å². The van der Waals surface area contributed by atoms with Gasteiger partial charge in [-0.25, -0.2) is 0 Å². The van der Waals surface area contributed by atoms with E-state index < -0.39 is 0 Å². The first-order valence-corrected chi connectivity index (χ1v) is 10.7. The van der Waals surface area contributed by atoms with Gasteiger partial charge in [-0.1, -0.05) is 37.3 Å². The number of carbonyl (C=O) groups excluding carboxylic acids is 2. The SMILES string of the molecule is CCC1CCCCN1C(=O)C1CCC(C(=O)N(C)Cc2ccccc2)CC1. The highest BCUT2D eigenvalue weighted by molar-refractivity contribution is 5.81. The van der Waals surface area contributed by atoms with Crippen molar-refractivity contribution in [2.24, 2.45) is 11.8 Å². The lowest BCUT2D eigenvalue weighted by molar-refractivity contribution is -0.143. The minimum Gasteiger partial charge on any atom is -0.341 e. The Morgan fingerprint density at radius 2 is 1.67 bits per heavy atom. The minimum absolute atomic E-state index is 0.0751. The third-order valence-corrected chi connectivity index (χ3v) is 6.45. The minimum atomic E-state index is 0.0751. The van der Waals surface area contributed by atoms with Crippen molar-refractivity contribution >= 4 is 11.8 Å². The fraction of sp³-hybridized carbons (Fsp3) is 0.652. The van der Waals surface area contributed by atoms with Gasteiger partial charge >= 0.3 is 0 Å². The normalized spacial score (nSPS) is 25.9.